The first-order valence-electron chi connectivity index (χ1n) is 7.74. The molecule has 106 valence electrons. The van der Waals surface area contributed by atoms with Gasteiger partial charge in [0.2, 0.25) is 0 Å². The van der Waals surface area contributed by atoms with Gasteiger partial charge in [0.25, 0.3) is 0 Å². The van der Waals surface area contributed by atoms with Gasteiger partial charge in [-0.3, -0.25) is 0 Å². The number of hydrogen-bond acceptors (Lipinski definition) is 3. The predicted molar refractivity (Wildman–Crippen MR) is 85.0 cm³/mol. The highest BCUT2D eigenvalue weighted by Crippen LogP contribution is 2.61. The van der Waals surface area contributed by atoms with Gasteiger partial charge in [-0.1, -0.05) is 12.2 Å². The van der Waals surface area contributed by atoms with E-state index in [0.29, 0.717) is 10.4 Å². The van der Waals surface area contributed by atoms with Gasteiger partial charge in [0.05, 0.1) is 5.56 Å². The van der Waals surface area contributed by atoms with Crippen LogP contribution in [0.1, 0.15) is 48.9 Å². The molecule has 0 aliphatic heterocycles. The molecule has 3 aliphatic rings. The van der Waals surface area contributed by atoms with Crippen molar-refractivity contribution in [3.63, 3.8) is 0 Å². The number of fused-ring (bicyclic) bond motifs is 1. The van der Waals surface area contributed by atoms with Crippen LogP contribution in [-0.4, -0.2) is 16.5 Å². The molecule has 0 saturated heterocycles. The van der Waals surface area contributed by atoms with Crippen LogP contribution in [0.2, 0.25) is 0 Å². The van der Waals surface area contributed by atoms with E-state index in [2.05, 4.69) is 11.4 Å². The molecule has 1 aromatic rings. The summed E-state index contributed by atoms with van der Waals surface area (Å²) in [5.74, 6) is 1.88. The molecule has 0 spiro atoms. The van der Waals surface area contributed by atoms with E-state index in [1.54, 1.807) is 0 Å². The van der Waals surface area contributed by atoms with Gasteiger partial charge < -0.3 is 11.1 Å². The zero-order valence-electron chi connectivity index (χ0n) is 11.7. The molecule has 2 saturated carbocycles. The molecule has 1 aromatic heterocycles. The average molecular weight is 287 g/mol. The van der Waals surface area contributed by atoms with Crippen LogP contribution < -0.4 is 11.1 Å². The van der Waals surface area contributed by atoms with Crippen LogP contribution in [0.25, 0.3) is 0 Å². The van der Waals surface area contributed by atoms with Gasteiger partial charge in [-0.15, -0.1) is 0 Å². The molecule has 0 unspecified atom stereocenters. The Labute approximate surface area is 125 Å². The topological polar surface area (TPSA) is 50.9 Å². The molecule has 0 atom stereocenters. The number of hydrogen-bond donors (Lipinski definition) is 2. The number of thiocarbonyl (C=S) groups is 1. The highest BCUT2D eigenvalue weighted by Gasteiger charge is 2.53. The Kier molecular flexibility index (Phi) is 2.78. The summed E-state index contributed by atoms with van der Waals surface area (Å²) in [6.07, 6.45) is 8.99. The summed E-state index contributed by atoms with van der Waals surface area (Å²) in [6, 6.07) is 2.16. The minimum absolute atomic E-state index is 0.464. The van der Waals surface area contributed by atoms with Crippen LogP contribution in [0.5, 0.6) is 0 Å². The van der Waals surface area contributed by atoms with Crippen molar-refractivity contribution < 1.29 is 0 Å². The van der Waals surface area contributed by atoms with E-state index in [1.807, 2.05) is 0 Å². The highest BCUT2D eigenvalue weighted by molar-refractivity contribution is 7.80. The van der Waals surface area contributed by atoms with E-state index in [9.17, 15) is 0 Å². The second-order valence-corrected chi connectivity index (χ2v) is 7.14. The maximum absolute atomic E-state index is 5.89. The van der Waals surface area contributed by atoms with E-state index in [4.69, 9.17) is 22.9 Å². The molecule has 3 nitrogen and oxygen atoms in total. The summed E-state index contributed by atoms with van der Waals surface area (Å²) in [4.78, 5) is 5.27. The Balaban J connectivity index is 1.58. The predicted octanol–water partition coefficient (Wildman–Crippen LogP) is 2.81. The summed E-state index contributed by atoms with van der Waals surface area (Å²) in [7, 11) is 0. The number of anilines is 1. The first kappa shape index (κ1) is 12.6. The molecule has 1 heterocycles. The van der Waals surface area contributed by atoms with Crippen molar-refractivity contribution in [3.05, 3.63) is 22.9 Å². The molecule has 4 rings (SSSR count). The molecule has 4 heteroatoms. The maximum atomic E-state index is 5.89. The van der Waals surface area contributed by atoms with Gasteiger partial charge in [0, 0.05) is 12.2 Å². The number of pyridine rings is 1. The average Bonchev–Trinajstić information content (AvgIpc) is 3.32. The molecule has 3 aliphatic carbocycles. The van der Waals surface area contributed by atoms with Crippen LogP contribution in [-0.2, 0) is 12.8 Å². The summed E-state index contributed by atoms with van der Waals surface area (Å²) < 4.78 is 0. The highest BCUT2D eigenvalue weighted by atomic mass is 32.1. The van der Waals surface area contributed by atoms with Crippen molar-refractivity contribution in [2.45, 2.75) is 44.9 Å². The SMILES string of the molecule is NC(=S)c1cc2c(nc1NCC1(C3CC3)CC1)CCC2. The Morgan fingerprint density at radius 3 is 2.85 bits per heavy atom. The van der Waals surface area contributed by atoms with E-state index in [0.717, 1.165) is 36.7 Å². The quantitative estimate of drug-likeness (QED) is 0.818. The van der Waals surface area contributed by atoms with Crippen molar-refractivity contribution in [1.29, 1.82) is 0 Å². The lowest BCUT2D eigenvalue weighted by Gasteiger charge is -2.18. The zero-order valence-corrected chi connectivity index (χ0v) is 12.6. The number of nitrogens with zero attached hydrogens (tertiary/aromatic N) is 1. The Bertz CT molecular complexity index is 573. The van der Waals surface area contributed by atoms with Crippen LogP contribution in [0.3, 0.4) is 0 Å². The molecule has 0 bridgehead atoms. The minimum atomic E-state index is 0.464. The molecule has 0 aromatic carbocycles. The van der Waals surface area contributed by atoms with E-state index >= 15 is 0 Å². The van der Waals surface area contributed by atoms with E-state index < -0.39 is 0 Å². The second-order valence-electron chi connectivity index (χ2n) is 6.70. The van der Waals surface area contributed by atoms with Gasteiger partial charge in [-0.05, 0) is 67.9 Å². The van der Waals surface area contributed by atoms with Gasteiger partial charge in [0.15, 0.2) is 0 Å². The maximum Gasteiger partial charge on any atom is 0.136 e. The number of nitrogens with one attached hydrogen (secondary N) is 1. The molecule has 3 N–H and O–H groups in total. The van der Waals surface area contributed by atoms with E-state index in [1.165, 1.54) is 43.4 Å². The van der Waals surface area contributed by atoms with Crippen LogP contribution in [0, 0.1) is 11.3 Å². The number of rotatable bonds is 5. The van der Waals surface area contributed by atoms with Crippen LogP contribution >= 0.6 is 12.2 Å². The molecular weight excluding hydrogens is 266 g/mol. The number of aryl methyl sites for hydroxylation is 2. The molecule has 20 heavy (non-hydrogen) atoms. The fourth-order valence-corrected chi connectivity index (χ4v) is 3.80. The summed E-state index contributed by atoms with van der Waals surface area (Å²) >= 11 is 5.21. The third-order valence-electron chi connectivity index (χ3n) is 5.26. The lowest BCUT2D eigenvalue weighted by Crippen LogP contribution is -2.21. The van der Waals surface area contributed by atoms with Crippen LogP contribution in [0.4, 0.5) is 5.82 Å². The van der Waals surface area contributed by atoms with Gasteiger partial charge in [-0.2, -0.15) is 0 Å². The van der Waals surface area contributed by atoms with Crippen molar-refractivity contribution in [2.24, 2.45) is 17.1 Å². The largest absolute Gasteiger partial charge is 0.389 e. The number of nitrogens with two attached hydrogens (primary N) is 1. The Morgan fingerprint density at radius 1 is 1.40 bits per heavy atom. The first-order valence-corrected chi connectivity index (χ1v) is 8.15. The molecular formula is C16H21N3S. The van der Waals surface area contributed by atoms with Crippen molar-refractivity contribution in [3.8, 4) is 0 Å². The fourth-order valence-electron chi connectivity index (χ4n) is 3.64. The van der Waals surface area contributed by atoms with Crippen molar-refractivity contribution >= 4 is 23.0 Å². The fraction of sp³-hybridized carbons (Fsp3) is 0.625. The molecule has 0 radical (unpaired) electrons. The monoisotopic (exact) mass is 287 g/mol. The first-order chi connectivity index (χ1) is 9.68. The Hall–Kier alpha value is -1.16. The summed E-state index contributed by atoms with van der Waals surface area (Å²) in [5, 5.41) is 3.57. The molecule has 2 fully saturated rings. The van der Waals surface area contributed by atoms with Gasteiger partial charge in [0.1, 0.15) is 10.8 Å². The Morgan fingerprint density at radius 2 is 2.20 bits per heavy atom. The smallest absolute Gasteiger partial charge is 0.136 e. The third kappa shape index (κ3) is 2.10. The normalized spacial score (nSPS) is 22.4. The second kappa shape index (κ2) is 4.42. The molecule has 0 amide bonds. The van der Waals surface area contributed by atoms with E-state index in [-0.39, 0.29) is 0 Å². The van der Waals surface area contributed by atoms with Gasteiger partial charge in [-0.25, -0.2) is 4.98 Å². The standard InChI is InChI=1S/C16H21N3S/c17-14(20)12-8-10-2-1-3-13(10)19-15(12)18-9-16(6-7-16)11-4-5-11/h8,11H,1-7,9H2,(H2,17,20)(H,18,19). The summed E-state index contributed by atoms with van der Waals surface area (Å²) in [6.45, 7) is 1.04. The number of aromatic nitrogens is 1. The zero-order chi connectivity index (χ0) is 13.7. The van der Waals surface area contributed by atoms with Crippen LogP contribution in [0.15, 0.2) is 6.07 Å². The lowest BCUT2D eigenvalue weighted by molar-refractivity contribution is 0.466. The van der Waals surface area contributed by atoms with Crippen molar-refractivity contribution in [1.82, 2.24) is 4.98 Å². The lowest BCUT2D eigenvalue weighted by atomic mass is 10.0. The van der Waals surface area contributed by atoms with Gasteiger partial charge >= 0.3 is 0 Å². The minimum Gasteiger partial charge on any atom is -0.389 e. The third-order valence-corrected chi connectivity index (χ3v) is 5.48. The summed E-state index contributed by atoms with van der Waals surface area (Å²) in [5.41, 5.74) is 9.96. The van der Waals surface area contributed by atoms with Crippen molar-refractivity contribution in [2.75, 3.05) is 11.9 Å².